The summed E-state index contributed by atoms with van der Waals surface area (Å²) in [6.07, 6.45) is 2.89. The molecule has 0 aromatic carbocycles. The normalized spacial score (nSPS) is 12.8. The van der Waals surface area contributed by atoms with Gasteiger partial charge in [0.1, 0.15) is 0 Å². The van der Waals surface area contributed by atoms with Crippen molar-refractivity contribution in [3.8, 4) is 5.88 Å². The SMILES string of the molecule is CCC(NCc1cccnc1OC)C(C)C. The molecular formula is C13H22N2O. The molecule has 16 heavy (non-hydrogen) atoms. The highest BCUT2D eigenvalue weighted by molar-refractivity contribution is 5.25. The molecule has 3 heteroatoms. The molecule has 0 bridgehead atoms. The Kier molecular flexibility index (Phi) is 5.26. The predicted octanol–water partition coefficient (Wildman–Crippen LogP) is 2.61. The van der Waals surface area contributed by atoms with Gasteiger partial charge in [0.15, 0.2) is 0 Å². The molecule has 0 saturated carbocycles. The zero-order valence-electron chi connectivity index (χ0n) is 10.7. The summed E-state index contributed by atoms with van der Waals surface area (Å²) in [4.78, 5) is 4.18. The molecule has 90 valence electrons. The monoisotopic (exact) mass is 222 g/mol. The van der Waals surface area contributed by atoms with Crippen LogP contribution in [0.1, 0.15) is 32.8 Å². The smallest absolute Gasteiger partial charge is 0.217 e. The van der Waals surface area contributed by atoms with Crippen LogP contribution in [-0.4, -0.2) is 18.1 Å². The molecule has 3 nitrogen and oxygen atoms in total. The minimum Gasteiger partial charge on any atom is -0.481 e. The summed E-state index contributed by atoms with van der Waals surface area (Å²) in [6.45, 7) is 7.50. The highest BCUT2D eigenvalue weighted by Gasteiger charge is 2.11. The minimum absolute atomic E-state index is 0.546. The Morgan fingerprint density at radius 1 is 1.44 bits per heavy atom. The van der Waals surface area contributed by atoms with Crippen LogP contribution in [0.2, 0.25) is 0 Å². The van der Waals surface area contributed by atoms with Gasteiger partial charge in [-0.05, 0) is 18.4 Å². The van der Waals surface area contributed by atoms with E-state index >= 15 is 0 Å². The molecule has 1 aromatic rings. The van der Waals surface area contributed by atoms with Crippen LogP contribution >= 0.6 is 0 Å². The lowest BCUT2D eigenvalue weighted by atomic mass is 10.0. The van der Waals surface area contributed by atoms with E-state index in [1.54, 1.807) is 13.3 Å². The third kappa shape index (κ3) is 3.49. The van der Waals surface area contributed by atoms with Crippen LogP contribution in [0, 0.1) is 5.92 Å². The average Bonchev–Trinajstić information content (AvgIpc) is 2.30. The summed E-state index contributed by atoms with van der Waals surface area (Å²) in [5.41, 5.74) is 1.11. The Labute approximate surface area is 98.2 Å². The summed E-state index contributed by atoms with van der Waals surface area (Å²) < 4.78 is 5.22. The number of hydrogen-bond acceptors (Lipinski definition) is 3. The molecular weight excluding hydrogens is 200 g/mol. The van der Waals surface area contributed by atoms with Gasteiger partial charge in [0.05, 0.1) is 7.11 Å². The van der Waals surface area contributed by atoms with Gasteiger partial charge in [-0.25, -0.2) is 4.98 Å². The Balaban J connectivity index is 2.59. The van der Waals surface area contributed by atoms with E-state index in [2.05, 4.69) is 31.1 Å². The maximum absolute atomic E-state index is 5.22. The number of methoxy groups -OCH3 is 1. The zero-order valence-corrected chi connectivity index (χ0v) is 10.7. The van der Waals surface area contributed by atoms with Crippen molar-refractivity contribution in [2.24, 2.45) is 5.92 Å². The molecule has 0 saturated heterocycles. The van der Waals surface area contributed by atoms with E-state index < -0.39 is 0 Å². The fraction of sp³-hybridized carbons (Fsp3) is 0.615. The summed E-state index contributed by atoms with van der Waals surface area (Å²) in [5.74, 6) is 1.36. The van der Waals surface area contributed by atoms with Crippen LogP contribution in [0.15, 0.2) is 18.3 Å². The molecule has 1 rings (SSSR count). The van der Waals surface area contributed by atoms with Crippen LogP contribution < -0.4 is 10.1 Å². The van der Waals surface area contributed by atoms with Crippen molar-refractivity contribution in [3.05, 3.63) is 23.9 Å². The molecule has 0 aliphatic carbocycles. The number of nitrogens with zero attached hydrogens (tertiary/aromatic N) is 1. The van der Waals surface area contributed by atoms with Crippen LogP contribution in [0.4, 0.5) is 0 Å². The molecule has 0 spiro atoms. The molecule has 0 radical (unpaired) electrons. The fourth-order valence-electron chi connectivity index (χ4n) is 1.83. The van der Waals surface area contributed by atoms with E-state index in [0.717, 1.165) is 18.5 Å². The van der Waals surface area contributed by atoms with E-state index in [-0.39, 0.29) is 0 Å². The van der Waals surface area contributed by atoms with E-state index in [1.165, 1.54) is 0 Å². The van der Waals surface area contributed by atoms with Crippen LogP contribution in [-0.2, 0) is 6.54 Å². The van der Waals surface area contributed by atoms with Gasteiger partial charge in [-0.15, -0.1) is 0 Å². The maximum Gasteiger partial charge on any atom is 0.217 e. The van der Waals surface area contributed by atoms with Crippen LogP contribution in [0.25, 0.3) is 0 Å². The second-order valence-electron chi connectivity index (χ2n) is 4.31. The Bertz CT molecular complexity index is 313. The van der Waals surface area contributed by atoms with Gasteiger partial charge in [-0.1, -0.05) is 26.8 Å². The van der Waals surface area contributed by atoms with E-state index in [4.69, 9.17) is 4.74 Å². The van der Waals surface area contributed by atoms with E-state index in [0.29, 0.717) is 17.8 Å². The molecule has 0 aliphatic heterocycles. The molecule has 0 fully saturated rings. The number of rotatable bonds is 6. The number of pyridine rings is 1. The van der Waals surface area contributed by atoms with Crippen LogP contribution in [0.3, 0.4) is 0 Å². The van der Waals surface area contributed by atoms with Crippen molar-refractivity contribution < 1.29 is 4.74 Å². The summed E-state index contributed by atoms with van der Waals surface area (Å²) in [6, 6.07) is 4.53. The van der Waals surface area contributed by atoms with E-state index in [1.807, 2.05) is 12.1 Å². The highest BCUT2D eigenvalue weighted by Crippen LogP contribution is 2.14. The molecule has 1 atom stereocenters. The lowest BCUT2D eigenvalue weighted by molar-refractivity contribution is 0.369. The summed E-state index contributed by atoms with van der Waals surface area (Å²) >= 11 is 0. The van der Waals surface area contributed by atoms with Crippen molar-refractivity contribution in [3.63, 3.8) is 0 Å². The van der Waals surface area contributed by atoms with Crippen molar-refractivity contribution in [1.29, 1.82) is 0 Å². The number of hydrogen-bond donors (Lipinski definition) is 1. The summed E-state index contributed by atoms with van der Waals surface area (Å²) in [5, 5.41) is 3.54. The third-order valence-corrected chi connectivity index (χ3v) is 2.84. The summed E-state index contributed by atoms with van der Waals surface area (Å²) in [7, 11) is 1.66. The molecule has 1 aromatic heterocycles. The largest absolute Gasteiger partial charge is 0.481 e. The van der Waals surface area contributed by atoms with Crippen molar-refractivity contribution in [2.75, 3.05) is 7.11 Å². The Morgan fingerprint density at radius 3 is 2.75 bits per heavy atom. The molecule has 0 aliphatic rings. The molecule has 1 heterocycles. The Hall–Kier alpha value is -1.09. The quantitative estimate of drug-likeness (QED) is 0.803. The highest BCUT2D eigenvalue weighted by atomic mass is 16.5. The maximum atomic E-state index is 5.22. The first-order chi connectivity index (χ1) is 7.69. The molecule has 1 N–H and O–H groups in total. The lowest BCUT2D eigenvalue weighted by Crippen LogP contribution is -2.32. The van der Waals surface area contributed by atoms with Gasteiger partial charge in [0.2, 0.25) is 5.88 Å². The first kappa shape index (κ1) is 13.0. The second-order valence-corrected chi connectivity index (χ2v) is 4.31. The third-order valence-electron chi connectivity index (χ3n) is 2.84. The van der Waals surface area contributed by atoms with Gasteiger partial charge < -0.3 is 10.1 Å². The number of ether oxygens (including phenoxy) is 1. The van der Waals surface area contributed by atoms with Gasteiger partial charge in [-0.2, -0.15) is 0 Å². The predicted molar refractivity (Wildman–Crippen MR) is 66.5 cm³/mol. The van der Waals surface area contributed by atoms with Crippen molar-refractivity contribution in [1.82, 2.24) is 10.3 Å². The second kappa shape index (κ2) is 6.48. The van der Waals surface area contributed by atoms with Gasteiger partial charge in [-0.3, -0.25) is 0 Å². The average molecular weight is 222 g/mol. The number of nitrogens with one attached hydrogen (secondary N) is 1. The standard InChI is InChI=1S/C13H22N2O/c1-5-12(10(2)3)15-9-11-7-6-8-14-13(11)16-4/h6-8,10,12,15H,5,9H2,1-4H3. The first-order valence-corrected chi connectivity index (χ1v) is 5.90. The van der Waals surface area contributed by atoms with Gasteiger partial charge in [0, 0.05) is 24.3 Å². The number of aromatic nitrogens is 1. The topological polar surface area (TPSA) is 34.2 Å². The fourth-order valence-corrected chi connectivity index (χ4v) is 1.83. The zero-order chi connectivity index (χ0) is 12.0. The molecule has 1 unspecified atom stereocenters. The first-order valence-electron chi connectivity index (χ1n) is 5.90. The van der Waals surface area contributed by atoms with Crippen LogP contribution in [0.5, 0.6) is 5.88 Å². The lowest BCUT2D eigenvalue weighted by Gasteiger charge is -2.21. The van der Waals surface area contributed by atoms with Crippen molar-refractivity contribution >= 4 is 0 Å². The minimum atomic E-state index is 0.546. The molecule has 0 amide bonds. The van der Waals surface area contributed by atoms with Gasteiger partial charge in [0.25, 0.3) is 0 Å². The van der Waals surface area contributed by atoms with E-state index in [9.17, 15) is 0 Å². The van der Waals surface area contributed by atoms with Crippen molar-refractivity contribution in [2.45, 2.75) is 39.8 Å². The van der Waals surface area contributed by atoms with Gasteiger partial charge >= 0.3 is 0 Å². The Morgan fingerprint density at radius 2 is 2.19 bits per heavy atom.